The van der Waals surface area contributed by atoms with Gasteiger partial charge in [-0.1, -0.05) is 23.7 Å². The minimum atomic E-state index is -0.863. The molecule has 1 unspecified atom stereocenters. The van der Waals surface area contributed by atoms with Gasteiger partial charge in [-0.15, -0.1) is 0 Å². The Labute approximate surface area is 211 Å². The Morgan fingerprint density at radius 3 is 2.61 bits per heavy atom. The Bertz CT molecular complexity index is 1510. The van der Waals surface area contributed by atoms with Gasteiger partial charge in [0.25, 0.3) is 5.91 Å². The third kappa shape index (κ3) is 4.05. The van der Waals surface area contributed by atoms with Crippen molar-refractivity contribution in [3.63, 3.8) is 0 Å². The van der Waals surface area contributed by atoms with E-state index in [4.69, 9.17) is 25.5 Å². The van der Waals surface area contributed by atoms with Crippen LogP contribution >= 0.6 is 11.6 Å². The van der Waals surface area contributed by atoms with E-state index in [9.17, 15) is 14.7 Å². The topological polar surface area (TPSA) is 102 Å². The number of carbonyl (C=O) groups is 2. The van der Waals surface area contributed by atoms with E-state index < -0.39 is 23.5 Å². The number of ether oxygens (including phenoxy) is 2. The molecule has 182 valence electrons. The molecule has 36 heavy (non-hydrogen) atoms. The zero-order chi connectivity index (χ0) is 25.4. The highest BCUT2D eigenvalue weighted by Gasteiger charge is 2.44. The lowest BCUT2D eigenvalue weighted by Crippen LogP contribution is -2.30. The first-order chi connectivity index (χ1) is 17.4. The highest BCUT2D eigenvalue weighted by atomic mass is 35.5. The summed E-state index contributed by atoms with van der Waals surface area (Å²) in [5.41, 5.74) is 1.64. The van der Waals surface area contributed by atoms with E-state index in [1.165, 1.54) is 18.1 Å². The van der Waals surface area contributed by atoms with Gasteiger partial charge in [0, 0.05) is 35.4 Å². The zero-order valence-corrected chi connectivity index (χ0v) is 20.2. The molecule has 0 radical (unpaired) electrons. The Hall–Kier alpha value is -4.30. The summed E-state index contributed by atoms with van der Waals surface area (Å²) >= 11 is 6.16. The van der Waals surface area contributed by atoms with Crippen molar-refractivity contribution >= 4 is 34.3 Å². The van der Waals surface area contributed by atoms with Gasteiger partial charge in [-0.3, -0.25) is 14.6 Å². The number of amides is 1. The molecule has 0 aliphatic carbocycles. The zero-order valence-electron chi connectivity index (χ0n) is 19.4. The van der Waals surface area contributed by atoms with Gasteiger partial charge in [-0.05, 0) is 47.5 Å². The number of hydrogen-bond donors (Lipinski definition) is 1. The summed E-state index contributed by atoms with van der Waals surface area (Å²) in [6.07, 6.45) is 3.13. The number of ketones is 1. The molecule has 1 atom stereocenters. The summed E-state index contributed by atoms with van der Waals surface area (Å²) in [7, 11) is 3.02. The number of furan rings is 1. The normalized spacial score (nSPS) is 15.6. The molecule has 5 rings (SSSR count). The number of benzene rings is 2. The third-order valence-corrected chi connectivity index (χ3v) is 6.27. The summed E-state index contributed by atoms with van der Waals surface area (Å²) in [5.74, 6) is -0.979. The molecule has 1 aliphatic heterocycles. The number of pyridine rings is 1. The van der Waals surface area contributed by atoms with E-state index >= 15 is 0 Å². The van der Waals surface area contributed by atoms with Gasteiger partial charge in [0.05, 0.1) is 25.8 Å². The summed E-state index contributed by atoms with van der Waals surface area (Å²) in [6, 6.07) is 14.5. The van der Waals surface area contributed by atoms with Gasteiger partial charge in [0.2, 0.25) is 5.78 Å². The van der Waals surface area contributed by atoms with Crippen LogP contribution in [0.5, 0.6) is 11.5 Å². The predicted octanol–water partition coefficient (Wildman–Crippen LogP) is 5.28. The fraction of sp³-hybridized carbons (Fsp3) is 0.148. The number of halogens is 1. The standard InChI is InChI=1S/C27H21ClN2O6/c1-34-19-5-3-4-15(10-19)14-30-23(16-6-8-29-9-7-16)22(25(32)27(30)33)24(31)20-12-17-11-18(28)13-21(35-2)26(17)36-20/h3-13,23,32H,14H2,1-2H3. The lowest BCUT2D eigenvalue weighted by molar-refractivity contribution is -0.130. The highest BCUT2D eigenvalue weighted by molar-refractivity contribution is 6.31. The van der Waals surface area contributed by atoms with Crippen molar-refractivity contribution in [1.29, 1.82) is 0 Å². The van der Waals surface area contributed by atoms with Crippen molar-refractivity contribution in [2.45, 2.75) is 12.6 Å². The van der Waals surface area contributed by atoms with Crippen LogP contribution in [0.3, 0.4) is 0 Å². The number of aromatic nitrogens is 1. The maximum atomic E-state index is 13.7. The first kappa shape index (κ1) is 23.4. The molecule has 4 aromatic rings. The summed E-state index contributed by atoms with van der Waals surface area (Å²) in [5, 5.41) is 11.9. The molecule has 2 aromatic carbocycles. The molecule has 9 heteroatoms. The number of Topliss-reactive ketones (excluding diaryl/α,β-unsaturated/α-hetero) is 1. The van der Waals surface area contributed by atoms with Crippen LogP contribution in [-0.2, 0) is 11.3 Å². The SMILES string of the molecule is COc1cccc(CN2C(=O)C(O)=C(C(=O)c3cc4cc(Cl)cc(OC)c4o3)C2c2ccncc2)c1. The van der Waals surface area contributed by atoms with Crippen LogP contribution in [0, 0.1) is 0 Å². The molecular formula is C27H21ClN2O6. The molecule has 0 spiro atoms. The van der Waals surface area contributed by atoms with Crippen LogP contribution < -0.4 is 9.47 Å². The first-order valence-electron chi connectivity index (χ1n) is 11.0. The monoisotopic (exact) mass is 504 g/mol. The number of rotatable bonds is 7. The van der Waals surface area contributed by atoms with E-state index in [0.29, 0.717) is 33.1 Å². The minimum Gasteiger partial charge on any atom is -0.503 e. The van der Waals surface area contributed by atoms with Crippen molar-refractivity contribution in [3.05, 3.63) is 100 Å². The second kappa shape index (κ2) is 9.39. The van der Waals surface area contributed by atoms with Gasteiger partial charge >= 0.3 is 0 Å². The maximum Gasteiger partial charge on any atom is 0.290 e. The van der Waals surface area contributed by atoms with E-state index in [1.807, 2.05) is 12.1 Å². The van der Waals surface area contributed by atoms with Crippen LogP contribution in [0.1, 0.15) is 27.7 Å². The van der Waals surface area contributed by atoms with Gasteiger partial charge in [-0.2, -0.15) is 0 Å². The third-order valence-electron chi connectivity index (χ3n) is 6.05. The quantitative estimate of drug-likeness (QED) is 0.342. The number of carbonyl (C=O) groups excluding carboxylic acids is 2. The smallest absolute Gasteiger partial charge is 0.290 e. The fourth-order valence-electron chi connectivity index (χ4n) is 4.39. The number of nitrogens with zero attached hydrogens (tertiary/aromatic N) is 2. The second-order valence-electron chi connectivity index (χ2n) is 8.20. The van der Waals surface area contributed by atoms with Crippen LogP contribution in [0.25, 0.3) is 11.0 Å². The fourth-order valence-corrected chi connectivity index (χ4v) is 4.61. The molecule has 3 heterocycles. The largest absolute Gasteiger partial charge is 0.503 e. The second-order valence-corrected chi connectivity index (χ2v) is 8.63. The van der Waals surface area contributed by atoms with Crippen molar-refractivity contribution < 1.29 is 28.6 Å². The van der Waals surface area contributed by atoms with Crippen LogP contribution in [0.15, 0.2) is 82.7 Å². The van der Waals surface area contributed by atoms with Crippen molar-refractivity contribution in [2.75, 3.05) is 14.2 Å². The number of aliphatic hydroxyl groups excluding tert-OH is 1. The van der Waals surface area contributed by atoms with Crippen molar-refractivity contribution in [3.8, 4) is 11.5 Å². The molecule has 0 saturated carbocycles. The van der Waals surface area contributed by atoms with Gasteiger partial charge in [0.15, 0.2) is 22.9 Å². The maximum absolute atomic E-state index is 13.7. The van der Waals surface area contributed by atoms with Crippen LogP contribution in [0.4, 0.5) is 0 Å². The lowest BCUT2D eigenvalue weighted by Gasteiger charge is -2.26. The molecule has 0 bridgehead atoms. The van der Waals surface area contributed by atoms with Crippen molar-refractivity contribution in [2.24, 2.45) is 0 Å². The van der Waals surface area contributed by atoms with Crippen LogP contribution in [0.2, 0.25) is 5.02 Å². The van der Waals surface area contributed by atoms with Gasteiger partial charge in [0.1, 0.15) is 5.75 Å². The van der Waals surface area contributed by atoms with Gasteiger partial charge in [-0.25, -0.2) is 0 Å². The van der Waals surface area contributed by atoms with Gasteiger partial charge < -0.3 is 23.9 Å². The van der Waals surface area contributed by atoms with Crippen molar-refractivity contribution in [1.82, 2.24) is 9.88 Å². The number of methoxy groups -OCH3 is 2. The van der Waals surface area contributed by atoms with E-state index in [1.54, 1.807) is 55.9 Å². The molecule has 0 saturated heterocycles. The molecule has 0 fully saturated rings. The lowest BCUT2D eigenvalue weighted by atomic mass is 9.95. The highest BCUT2D eigenvalue weighted by Crippen LogP contribution is 2.41. The Morgan fingerprint density at radius 2 is 1.89 bits per heavy atom. The Balaban J connectivity index is 1.59. The Kier molecular flexibility index (Phi) is 6.12. The molecule has 1 aliphatic rings. The molecule has 2 aromatic heterocycles. The predicted molar refractivity (Wildman–Crippen MR) is 132 cm³/mol. The average molecular weight is 505 g/mol. The molecule has 8 nitrogen and oxygen atoms in total. The number of hydrogen-bond acceptors (Lipinski definition) is 7. The summed E-state index contributed by atoms with van der Waals surface area (Å²) in [6.45, 7) is 0.132. The Morgan fingerprint density at radius 1 is 1.11 bits per heavy atom. The molecule has 1 N–H and O–H groups in total. The van der Waals surface area contributed by atoms with E-state index in [0.717, 1.165) is 5.56 Å². The summed E-state index contributed by atoms with van der Waals surface area (Å²) < 4.78 is 16.5. The van der Waals surface area contributed by atoms with Crippen LogP contribution in [-0.4, -0.2) is 40.9 Å². The average Bonchev–Trinajstić information content (AvgIpc) is 3.43. The van der Waals surface area contributed by atoms with E-state index in [-0.39, 0.29) is 17.9 Å². The minimum absolute atomic E-state index is 0.0535. The summed E-state index contributed by atoms with van der Waals surface area (Å²) in [4.78, 5) is 32.5. The molecule has 1 amide bonds. The van der Waals surface area contributed by atoms with E-state index in [2.05, 4.69) is 4.98 Å². The molecular weight excluding hydrogens is 484 g/mol. The number of aliphatic hydroxyl groups is 1. The number of fused-ring (bicyclic) bond motifs is 1. The first-order valence-corrected chi connectivity index (χ1v) is 11.4.